The Morgan fingerprint density at radius 3 is 2.67 bits per heavy atom. The summed E-state index contributed by atoms with van der Waals surface area (Å²) in [4.78, 5) is 23.3. The molecule has 18 heavy (non-hydrogen) atoms. The van der Waals surface area contributed by atoms with Crippen molar-refractivity contribution in [2.45, 2.75) is 13.8 Å². The highest BCUT2D eigenvalue weighted by Crippen LogP contribution is 2.15. The van der Waals surface area contributed by atoms with Crippen LogP contribution >= 0.6 is 0 Å². The number of aromatic nitrogens is 2. The van der Waals surface area contributed by atoms with Crippen LogP contribution in [0.15, 0.2) is 18.2 Å². The van der Waals surface area contributed by atoms with Gasteiger partial charge in [-0.1, -0.05) is 0 Å². The van der Waals surface area contributed by atoms with Gasteiger partial charge in [-0.3, -0.25) is 0 Å². The maximum atomic E-state index is 11.9. The fraction of sp³-hybridized carbons (Fsp3) is 0.250. The smallest absolute Gasteiger partial charge is 0.337 e. The molecule has 0 saturated heterocycles. The first-order valence-corrected chi connectivity index (χ1v) is 5.33. The van der Waals surface area contributed by atoms with Crippen molar-refractivity contribution in [3.05, 3.63) is 40.1 Å². The third-order valence-corrected chi connectivity index (χ3v) is 2.99. The Balaban J connectivity index is 2.86. The molecule has 2 rings (SSSR count). The summed E-state index contributed by atoms with van der Waals surface area (Å²) in [7, 11) is 1.27. The number of ether oxygens (including phenoxy) is 1. The van der Waals surface area contributed by atoms with E-state index in [9.17, 15) is 14.9 Å². The van der Waals surface area contributed by atoms with Crippen molar-refractivity contribution in [3.63, 3.8) is 0 Å². The van der Waals surface area contributed by atoms with Crippen LogP contribution in [-0.4, -0.2) is 23.0 Å². The maximum Gasteiger partial charge on any atom is 0.337 e. The SMILES string of the molecule is COC(=O)c1ccc2c(c1)n(O)c(C)c(C)[n+]2=O. The summed E-state index contributed by atoms with van der Waals surface area (Å²) in [5.74, 6) is -0.521. The van der Waals surface area contributed by atoms with E-state index in [1.807, 2.05) is 0 Å². The Morgan fingerprint density at radius 1 is 1.39 bits per heavy atom. The molecule has 0 aliphatic carbocycles. The molecule has 1 aromatic carbocycles. The molecule has 0 unspecified atom stereocenters. The maximum absolute atomic E-state index is 11.9. The van der Waals surface area contributed by atoms with Crippen LogP contribution in [0.4, 0.5) is 0 Å². The number of fused-ring (bicyclic) bond motifs is 1. The Kier molecular flexibility index (Phi) is 2.78. The lowest BCUT2D eigenvalue weighted by Crippen LogP contribution is -2.25. The summed E-state index contributed by atoms with van der Waals surface area (Å²) < 4.78 is 6.21. The first kappa shape index (κ1) is 12.1. The zero-order valence-electron chi connectivity index (χ0n) is 10.3. The number of carbonyl (C=O) groups is 1. The van der Waals surface area contributed by atoms with Crippen molar-refractivity contribution in [1.82, 2.24) is 4.73 Å². The van der Waals surface area contributed by atoms with Crippen LogP contribution in [0.5, 0.6) is 0 Å². The molecule has 0 spiro atoms. The number of methoxy groups -OCH3 is 1. The second-order valence-electron chi connectivity index (χ2n) is 3.97. The second-order valence-corrected chi connectivity index (χ2v) is 3.97. The van der Waals surface area contributed by atoms with Crippen LogP contribution < -0.4 is 4.43 Å². The van der Waals surface area contributed by atoms with Gasteiger partial charge in [-0.2, -0.15) is 4.73 Å². The topological polar surface area (TPSA) is 74.4 Å². The lowest BCUT2D eigenvalue weighted by molar-refractivity contribution is -0.474. The predicted molar refractivity (Wildman–Crippen MR) is 63.3 cm³/mol. The Labute approximate surface area is 103 Å². The Morgan fingerprint density at radius 2 is 2.06 bits per heavy atom. The van der Waals surface area contributed by atoms with E-state index < -0.39 is 5.97 Å². The van der Waals surface area contributed by atoms with E-state index in [-0.39, 0.29) is 16.6 Å². The Bertz CT molecular complexity index is 703. The van der Waals surface area contributed by atoms with Crippen LogP contribution in [0, 0.1) is 18.8 Å². The summed E-state index contributed by atoms with van der Waals surface area (Å²) in [6.45, 7) is 3.23. The lowest BCUT2D eigenvalue weighted by atomic mass is 10.2. The molecule has 0 bridgehead atoms. The molecule has 0 amide bonds. The van der Waals surface area contributed by atoms with Crippen LogP contribution in [0.1, 0.15) is 21.7 Å². The van der Waals surface area contributed by atoms with Crippen molar-refractivity contribution in [3.8, 4) is 0 Å². The fourth-order valence-corrected chi connectivity index (χ4v) is 1.77. The normalized spacial score (nSPS) is 10.6. The van der Waals surface area contributed by atoms with Gasteiger partial charge in [0.15, 0.2) is 5.52 Å². The van der Waals surface area contributed by atoms with Crippen molar-refractivity contribution in [2.75, 3.05) is 7.11 Å². The van der Waals surface area contributed by atoms with E-state index in [4.69, 9.17) is 0 Å². The first-order chi connectivity index (χ1) is 8.47. The monoisotopic (exact) mass is 249 g/mol. The quantitative estimate of drug-likeness (QED) is 0.468. The van der Waals surface area contributed by atoms with E-state index in [2.05, 4.69) is 4.74 Å². The molecular weight excluding hydrogens is 236 g/mol. The van der Waals surface area contributed by atoms with E-state index in [0.29, 0.717) is 11.4 Å². The number of benzene rings is 1. The summed E-state index contributed by atoms with van der Waals surface area (Å²) in [5.41, 5.74) is 1.63. The van der Waals surface area contributed by atoms with Gasteiger partial charge in [0.2, 0.25) is 0 Å². The number of nitrogens with zero attached hydrogens (tertiary/aromatic N) is 2. The van der Waals surface area contributed by atoms with Crippen molar-refractivity contribution in [1.29, 1.82) is 0 Å². The van der Waals surface area contributed by atoms with Gasteiger partial charge >= 0.3 is 5.97 Å². The standard InChI is InChI=1S/C12H13N2O4/c1-7-8(2)14(17)11-6-9(12(15)18-3)4-5-10(11)13(7)16/h4-6,17H,1-3H3/q+1. The average Bonchev–Trinajstić information content (AvgIpc) is 2.41. The van der Waals surface area contributed by atoms with Gasteiger partial charge in [0.05, 0.1) is 17.1 Å². The van der Waals surface area contributed by atoms with Crippen molar-refractivity contribution >= 4 is 17.0 Å². The average molecular weight is 249 g/mol. The van der Waals surface area contributed by atoms with E-state index in [1.54, 1.807) is 13.8 Å². The first-order valence-electron chi connectivity index (χ1n) is 5.33. The minimum atomic E-state index is -0.521. The van der Waals surface area contributed by atoms with Gasteiger partial charge in [0.1, 0.15) is 5.69 Å². The van der Waals surface area contributed by atoms with Gasteiger partial charge in [0, 0.05) is 17.9 Å². The van der Waals surface area contributed by atoms with E-state index in [1.165, 1.54) is 25.3 Å². The van der Waals surface area contributed by atoms with Gasteiger partial charge < -0.3 is 9.94 Å². The molecule has 0 aliphatic rings. The highest BCUT2D eigenvalue weighted by atomic mass is 16.5. The molecule has 2 aromatic rings. The number of rotatable bonds is 1. The van der Waals surface area contributed by atoms with Gasteiger partial charge in [-0.05, 0) is 19.1 Å². The summed E-state index contributed by atoms with van der Waals surface area (Å²) in [6.07, 6.45) is 0. The molecule has 0 saturated carbocycles. The summed E-state index contributed by atoms with van der Waals surface area (Å²) >= 11 is 0. The lowest BCUT2D eigenvalue weighted by Gasteiger charge is -2.05. The molecule has 6 nitrogen and oxygen atoms in total. The van der Waals surface area contributed by atoms with Gasteiger partial charge in [0.25, 0.3) is 11.2 Å². The summed E-state index contributed by atoms with van der Waals surface area (Å²) in [5, 5.41) is 9.95. The van der Waals surface area contributed by atoms with Crippen LogP contribution in [-0.2, 0) is 4.74 Å². The second kappa shape index (κ2) is 4.14. The third-order valence-electron chi connectivity index (χ3n) is 2.99. The number of esters is 1. The van der Waals surface area contributed by atoms with Crippen molar-refractivity contribution in [2.24, 2.45) is 0 Å². The minimum Gasteiger partial charge on any atom is -0.465 e. The molecule has 1 N–H and O–H groups in total. The molecule has 6 heteroatoms. The van der Waals surface area contributed by atoms with Crippen LogP contribution in [0.2, 0.25) is 0 Å². The molecule has 0 radical (unpaired) electrons. The predicted octanol–water partition coefficient (Wildman–Crippen LogP) is 1.20. The number of carbonyl (C=O) groups excluding carboxylic acids is 1. The number of hydrogen-bond donors (Lipinski definition) is 1. The molecule has 0 aliphatic heterocycles. The molecule has 1 heterocycles. The largest absolute Gasteiger partial charge is 0.465 e. The third kappa shape index (κ3) is 1.62. The van der Waals surface area contributed by atoms with E-state index >= 15 is 0 Å². The molecule has 94 valence electrons. The molecule has 1 aromatic heterocycles. The Hall–Kier alpha value is -2.37. The van der Waals surface area contributed by atoms with E-state index in [0.717, 1.165) is 9.16 Å². The molecule has 0 atom stereocenters. The van der Waals surface area contributed by atoms with Crippen molar-refractivity contribution < 1.29 is 19.2 Å². The minimum absolute atomic E-state index is 0.260. The zero-order chi connectivity index (χ0) is 13.4. The van der Waals surface area contributed by atoms with Crippen LogP contribution in [0.3, 0.4) is 0 Å². The fourth-order valence-electron chi connectivity index (χ4n) is 1.77. The molecule has 0 fully saturated rings. The zero-order valence-corrected chi connectivity index (χ0v) is 10.3. The summed E-state index contributed by atoms with van der Waals surface area (Å²) in [6, 6.07) is 4.38. The highest BCUT2D eigenvalue weighted by molar-refractivity contribution is 5.93. The molecular formula is C12H13N2O4+. The van der Waals surface area contributed by atoms with Crippen LogP contribution in [0.25, 0.3) is 11.0 Å². The van der Waals surface area contributed by atoms with Gasteiger partial charge in [-0.15, -0.1) is 0 Å². The highest BCUT2D eigenvalue weighted by Gasteiger charge is 2.20. The van der Waals surface area contributed by atoms with Gasteiger partial charge in [-0.25, -0.2) is 4.79 Å². The number of hydrogen-bond acceptors (Lipinski definition) is 4.